The number of nitrogens with one attached hydrogen (secondary N) is 2. The number of hydrogen-bond donors (Lipinski definition) is 2. The van der Waals surface area contributed by atoms with Crippen LogP contribution < -0.4 is 20.4 Å². The lowest BCUT2D eigenvalue weighted by Crippen LogP contribution is -2.39. The molecule has 1 aromatic heterocycles. The third-order valence-electron chi connectivity index (χ3n) is 6.97. The Hall–Kier alpha value is -2.48. The molecule has 0 spiro atoms. The van der Waals surface area contributed by atoms with Gasteiger partial charge in [-0.15, -0.1) is 0 Å². The van der Waals surface area contributed by atoms with Gasteiger partial charge in [-0.3, -0.25) is 0 Å². The van der Waals surface area contributed by atoms with Gasteiger partial charge in [0.15, 0.2) is 5.11 Å². The minimum absolute atomic E-state index is 0.202. The Morgan fingerprint density at radius 3 is 2.50 bits per heavy atom. The number of thiocarbonyl (C=S) groups is 1. The summed E-state index contributed by atoms with van der Waals surface area (Å²) in [5, 5.41) is 7.02. The van der Waals surface area contributed by atoms with Gasteiger partial charge >= 0.3 is 0 Å². The molecule has 1 unspecified atom stereocenters. The summed E-state index contributed by atoms with van der Waals surface area (Å²) in [6, 6.07) is 9.29. The van der Waals surface area contributed by atoms with E-state index in [1.54, 1.807) is 0 Å². The van der Waals surface area contributed by atoms with Crippen LogP contribution in [-0.4, -0.2) is 47.3 Å². The number of benzene rings is 1. The molecule has 2 fully saturated rings. The highest BCUT2D eigenvalue weighted by atomic mass is 32.1. The maximum atomic E-state index is 13.1. The Bertz CT molecular complexity index is 945. The summed E-state index contributed by atoms with van der Waals surface area (Å²) >= 11 is 5.54. The third-order valence-corrected chi connectivity index (χ3v) is 7.22. The minimum Gasteiger partial charge on any atom is -0.362 e. The summed E-state index contributed by atoms with van der Waals surface area (Å²) in [4.78, 5) is 14.5. The lowest BCUT2D eigenvalue weighted by Gasteiger charge is -2.36. The first-order valence-corrected chi connectivity index (χ1v) is 13.1. The molecule has 2 aliphatic heterocycles. The molecule has 3 heterocycles. The van der Waals surface area contributed by atoms with E-state index in [9.17, 15) is 4.39 Å². The van der Waals surface area contributed by atoms with Crippen LogP contribution in [0.3, 0.4) is 0 Å². The van der Waals surface area contributed by atoms with Crippen molar-refractivity contribution in [2.24, 2.45) is 5.92 Å². The molecule has 2 aromatic rings. The van der Waals surface area contributed by atoms with Crippen molar-refractivity contribution >= 4 is 34.9 Å². The van der Waals surface area contributed by atoms with Gasteiger partial charge in [-0.2, -0.15) is 9.97 Å². The van der Waals surface area contributed by atoms with Crippen LogP contribution in [0.15, 0.2) is 30.3 Å². The van der Waals surface area contributed by atoms with Crippen LogP contribution in [0.2, 0.25) is 0 Å². The molecule has 34 heavy (non-hydrogen) atoms. The highest BCUT2D eigenvalue weighted by Crippen LogP contribution is 2.29. The van der Waals surface area contributed by atoms with Crippen molar-refractivity contribution in [2.45, 2.75) is 64.8 Å². The Kier molecular flexibility index (Phi) is 8.53. The van der Waals surface area contributed by atoms with E-state index in [1.165, 1.54) is 44.2 Å². The molecule has 0 bridgehead atoms. The van der Waals surface area contributed by atoms with Crippen molar-refractivity contribution in [3.05, 3.63) is 41.7 Å². The molecule has 2 N–H and O–H groups in total. The maximum Gasteiger partial charge on any atom is 0.232 e. The van der Waals surface area contributed by atoms with Crippen LogP contribution in [0.5, 0.6) is 0 Å². The first kappa shape index (κ1) is 24.6. The lowest BCUT2D eigenvalue weighted by atomic mass is 9.99. The van der Waals surface area contributed by atoms with Gasteiger partial charge in [-0.1, -0.05) is 19.1 Å². The fourth-order valence-electron chi connectivity index (χ4n) is 4.75. The van der Waals surface area contributed by atoms with E-state index in [-0.39, 0.29) is 5.82 Å². The number of rotatable bonds is 7. The molecule has 0 aliphatic carbocycles. The van der Waals surface area contributed by atoms with Crippen molar-refractivity contribution in [3.8, 4) is 0 Å². The molecule has 1 aromatic carbocycles. The summed E-state index contributed by atoms with van der Waals surface area (Å²) in [5.41, 5.74) is 1.12. The molecule has 0 saturated carbocycles. The van der Waals surface area contributed by atoms with Gasteiger partial charge in [0.05, 0.1) is 0 Å². The molecule has 6 nitrogen and oxygen atoms in total. The summed E-state index contributed by atoms with van der Waals surface area (Å²) in [6.07, 6.45) is 7.81. The molecule has 0 radical (unpaired) electrons. The minimum atomic E-state index is -0.202. The normalized spacial score (nSPS) is 19.2. The highest BCUT2D eigenvalue weighted by Gasteiger charge is 2.24. The molecule has 1 atom stereocenters. The van der Waals surface area contributed by atoms with Crippen molar-refractivity contribution in [1.29, 1.82) is 0 Å². The fraction of sp³-hybridized carbons (Fsp3) is 0.577. The number of anilines is 3. The van der Waals surface area contributed by atoms with Crippen LogP contribution in [0.1, 0.15) is 57.9 Å². The van der Waals surface area contributed by atoms with E-state index in [1.807, 2.05) is 12.1 Å². The SMILES string of the molecule is CC1CCN(c2cc(N3CCCCC3C)nc(NC(=S)NCCCc3ccc(F)cc3)n2)CC1. The largest absolute Gasteiger partial charge is 0.362 e. The molecule has 8 heteroatoms. The zero-order valence-electron chi connectivity index (χ0n) is 20.4. The lowest BCUT2D eigenvalue weighted by molar-refractivity contribution is 0.436. The molecule has 2 aliphatic rings. The summed E-state index contributed by atoms with van der Waals surface area (Å²) in [5.74, 6) is 3.09. The smallest absolute Gasteiger partial charge is 0.232 e. The zero-order valence-corrected chi connectivity index (χ0v) is 21.2. The maximum absolute atomic E-state index is 13.1. The second kappa shape index (κ2) is 11.8. The van der Waals surface area contributed by atoms with Gasteiger partial charge in [0.25, 0.3) is 0 Å². The first-order valence-electron chi connectivity index (χ1n) is 12.7. The van der Waals surface area contributed by atoms with Gasteiger partial charge in [0.2, 0.25) is 5.95 Å². The van der Waals surface area contributed by atoms with Crippen LogP contribution in [-0.2, 0) is 6.42 Å². The van der Waals surface area contributed by atoms with Crippen LogP contribution in [0.4, 0.5) is 22.0 Å². The average molecular weight is 485 g/mol. The van der Waals surface area contributed by atoms with Crippen LogP contribution in [0, 0.1) is 11.7 Å². The number of nitrogens with zero attached hydrogens (tertiary/aromatic N) is 4. The van der Waals surface area contributed by atoms with E-state index >= 15 is 0 Å². The molecule has 0 amide bonds. The predicted molar refractivity (Wildman–Crippen MR) is 142 cm³/mol. The monoisotopic (exact) mass is 484 g/mol. The summed E-state index contributed by atoms with van der Waals surface area (Å²) in [7, 11) is 0. The number of hydrogen-bond acceptors (Lipinski definition) is 5. The van der Waals surface area contributed by atoms with Crippen molar-refractivity contribution in [1.82, 2.24) is 15.3 Å². The van der Waals surface area contributed by atoms with Crippen molar-refractivity contribution < 1.29 is 4.39 Å². The predicted octanol–water partition coefficient (Wildman–Crippen LogP) is 5.15. The quantitative estimate of drug-likeness (QED) is 0.416. The van der Waals surface area contributed by atoms with Gasteiger partial charge in [0, 0.05) is 38.3 Å². The molecule has 2 saturated heterocycles. The summed E-state index contributed by atoms with van der Waals surface area (Å²) < 4.78 is 13.1. The molecular weight excluding hydrogens is 447 g/mol. The number of aryl methyl sites for hydroxylation is 1. The van der Waals surface area contributed by atoms with E-state index in [2.05, 4.69) is 40.3 Å². The third kappa shape index (κ3) is 6.78. The molecule has 4 rings (SSSR count). The summed E-state index contributed by atoms with van der Waals surface area (Å²) in [6.45, 7) is 8.41. The van der Waals surface area contributed by atoms with E-state index in [0.717, 1.165) is 62.1 Å². The number of halogens is 1. The van der Waals surface area contributed by atoms with Crippen LogP contribution in [0.25, 0.3) is 0 Å². The Labute approximate surface area is 208 Å². The second-order valence-electron chi connectivity index (χ2n) is 9.73. The van der Waals surface area contributed by atoms with Gasteiger partial charge in [0.1, 0.15) is 17.5 Å². The molecule has 184 valence electrons. The number of piperidine rings is 2. The van der Waals surface area contributed by atoms with Gasteiger partial charge < -0.3 is 20.4 Å². The Balaban J connectivity index is 1.39. The highest BCUT2D eigenvalue weighted by molar-refractivity contribution is 7.80. The Morgan fingerprint density at radius 2 is 1.76 bits per heavy atom. The van der Waals surface area contributed by atoms with E-state index < -0.39 is 0 Å². The van der Waals surface area contributed by atoms with E-state index in [0.29, 0.717) is 17.1 Å². The average Bonchev–Trinajstić information content (AvgIpc) is 2.83. The first-order chi connectivity index (χ1) is 16.5. The Morgan fingerprint density at radius 1 is 1.03 bits per heavy atom. The van der Waals surface area contributed by atoms with Gasteiger partial charge in [-0.05, 0) is 87.7 Å². The van der Waals surface area contributed by atoms with Crippen molar-refractivity contribution in [2.75, 3.05) is 41.3 Å². The standard InChI is InChI=1S/C26H37FN6S/c1-19-12-16-32(17-13-19)23-18-24(33-15-4-3-6-20(33)2)30-25(29-23)31-26(34)28-14-5-7-21-8-10-22(27)11-9-21/h8-11,18-20H,3-7,12-17H2,1-2H3,(H2,28,29,30,31,34). The fourth-order valence-corrected chi connectivity index (χ4v) is 4.95. The zero-order chi connectivity index (χ0) is 23.9. The van der Waals surface area contributed by atoms with Crippen molar-refractivity contribution in [3.63, 3.8) is 0 Å². The van der Waals surface area contributed by atoms with Gasteiger partial charge in [-0.25, -0.2) is 4.39 Å². The second-order valence-corrected chi connectivity index (χ2v) is 10.1. The van der Waals surface area contributed by atoms with E-state index in [4.69, 9.17) is 22.2 Å². The number of aromatic nitrogens is 2. The van der Waals surface area contributed by atoms with Crippen LogP contribution >= 0.6 is 12.2 Å². The topological polar surface area (TPSA) is 56.3 Å². The molecular formula is C26H37FN6S.